The van der Waals surface area contributed by atoms with Gasteiger partial charge >= 0.3 is 5.97 Å². The molecule has 4 nitrogen and oxygen atoms in total. The number of rotatable bonds is 2. The second-order valence-corrected chi connectivity index (χ2v) is 5.63. The van der Waals surface area contributed by atoms with E-state index < -0.39 is 5.97 Å². The molecule has 0 saturated heterocycles. The molecule has 2 N–H and O–H groups in total. The zero-order chi connectivity index (χ0) is 14.3. The zero-order valence-corrected chi connectivity index (χ0v) is 11.6. The van der Waals surface area contributed by atoms with Crippen molar-refractivity contribution in [2.45, 2.75) is 45.1 Å². The van der Waals surface area contributed by atoms with Crippen LogP contribution in [-0.2, 0) is 0 Å². The van der Waals surface area contributed by atoms with Crippen molar-refractivity contribution in [1.82, 2.24) is 4.57 Å². The Labute approximate surface area is 117 Å². The predicted octanol–water partition coefficient (Wildman–Crippen LogP) is 3.86. The Hall–Kier alpha value is -1.97. The van der Waals surface area contributed by atoms with Gasteiger partial charge in [-0.3, -0.25) is 0 Å². The minimum absolute atomic E-state index is 0.112. The molecule has 20 heavy (non-hydrogen) atoms. The Kier molecular flexibility index (Phi) is 3.16. The van der Waals surface area contributed by atoms with Crippen LogP contribution in [0.25, 0.3) is 10.9 Å². The van der Waals surface area contributed by atoms with Crippen molar-refractivity contribution in [3.05, 3.63) is 29.5 Å². The smallest absolute Gasteiger partial charge is 0.338 e. The normalized spacial score (nSPS) is 16.6. The fourth-order valence-corrected chi connectivity index (χ4v) is 3.51. The minimum atomic E-state index is -0.923. The number of nitrogens with zero attached hydrogens (tertiary/aromatic N) is 1. The minimum Gasteiger partial charge on any atom is -0.508 e. The number of phenols is 1. The lowest BCUT2D eigenvalue weighted by atomic mass is 9.95. The van der Waals surface area contributed by atoms with E-state index >= 15 is 0 Å². The molecule has 106 valence electrons. The molecule has 0 aliphatic heterocycles. The van der Waals surface area contributed by atoms with E-state index in [2.05, 4.69) is 4.57 Å². The molecule has 1 aliphatic rings. The molecule has 1 fully saturated rings. The average molecular weight is 273 g/mol. The average Bonchev–Trinajstić information content (AvgIpc) is 2.71. The van der Waals surface area contributed by atoms with Gasteiger partial charge in [-0.05, 0) is 38.0 Å². The van der Waals surface area contributed by atoms with Crippen LogP contribution < -0.4 is 0 Å². The molecule has 1 aromatic carbocycles. The number of benzene rings is 1. The van der Waals surface area contributed by atoms with E-state index in [9.17, 15) is 15.0 Å². The van der Waals surface area contributed by atoms with E-state index in [1.807, 2.05) is 13.0 Å². The maximum Gasteiger partial charge on any atom is 0.338 e. The van der Waals surface area contributed by atoms with Crippen LogP contribution in [0.1, 0.15) is 54.2 Å². The van der Waals surface area contributed by atoms with Crippen molar-refractivity contribution in [2.75, 3.05) is 0 Å². The molecule has 1 aliphatic carbocycles. The molecule has 0 bridgehead atoms. The van der Waals surface area contributed by atoms with Gasteiger partial charge in [-0.2, -0.15) is 0 Å². The molecular formula is C16H19NO3. The number of phenolic OH excluding ortho intramolecular Hbond substituents is 1. The molecule has 1 saturated carbocycles. The summed E-state index contributed by atoms with van der Waals surface area (Å²) in [6, 6.07) is 5.40. The summed E-state index contributed by atoms with van der Waals surface area (Å²) in [5.74, 6) is -0.812. The van der Waals surface area contributed by atoms with Gasteiger partial charge in [-0.15, -0.1) is 0 Å². The molecule has 1 heterocycles. The Morgan fingerprint density at radius 1 is 1.25 bits per heavy atom. The third-order valence-corrected chi connectivity index (χ3v) is 4.39. The number of aromatic hydroxyl groups is 1. The van der Waals surface area contributed by atoms with Gasteiger partial charge in [0.15, 0.2) is 0 Å². The lowest BCUT2D eigenvalue weighted by molar-refractivity contribution is 0.0697. The van der Waals surface area contributed by atoms with Crippen LogP contribution in [-0.4, -0.2) is 20.7 Å². The van der Waals surface area contributed by atoms with Crippen molar-refractivity contribution in [3.63, 3.8) is 0 Å². The highest BCUT2D eigenvalue weighted by Gasteiger charge is 2.25. The van der Waals surface area contributed by atoms with Gasteiger partial charge in [0.2, 0.25) is 0 Å². The van der Waals surface area contributed by atoms with Gasteiger partial charge in [-0.1, -0.05) is 19.3 Å². The lowest BCUT2D eigenvalue weighted by Crippen LogP contribution is -2.14. The number of carboxylic acids is 1. The summed E-state index contributed by atoms with van der Waals surface area (Å²) in [5, 5.41) is 19.8. The summed E-state index contributed by atoms with van der Waals surface area (Å²) >= 11 is 0. The number of hydrogen-bond acceptors (Lipinski definition) is 2. The first kappa shape index (κ1) is 13.0. The standard InChI is InChI=1S/C16H19NO3/c1-10-15(16(19)20)13-9-12(18)7-8-14(13)17(10)11-5-3-2-4-6-11/h7-9,11,18H,2-6H2,1H3,(H,19,20). The Bertz CT molecular complexity index is 666. The Balaban J connectivity index is 2.25. The Morgan fingerprint density at radius 3 is 2.60 bits per heavy atom. The molecule has 0 spiro atoms. The van der Waals surface area contributed by atoms with Crippen molar-refractivity contribution in [3.8, 4) is 5.75 Å². The number of carboxylic acid groups (broad SMARTS) is 1. The third kappa shape index (κ3) is 1.96. The van der Waals surface area contributed by atoms with E-state index in [4.69, 9.17) is 0 Å². The number of carbonyl (C=O) groups is 1. The van der Waals surface area contributed by atoms with Crippen LogP contribution in [0.5, 0.6) is 5.75 Å². The first-order valence-electron chi connectivity index (χ1n) is 7.16. The van der Waals surface area contributed by atoms with Gasteiger partial charge in [0.05, 0.1) is 5.56 Å². The molecule has 3 rings (SSSR count). The van der Waals surface area contributed by atoms with Gasteiger partial charge in [0.1, 0.15) is 5.75 Å². The topological polar surface area (TPSA) is 62.5 Å². The largest absolute Gasteiger partial charge is 0.508 e. The van der Waals surface area contributed by atoms with E-state index in [0.29, 0.717) is 17.0 Å². The van der Waals surface area contributed by atoms with Crippen molar-refractivity contribution in [2.24, 2.45) is 0 Å². The van der Waals surface area contributed by atoms with Crippen LogP contribution in [0.3, 0.4) is 0 Å². The molecule has 4 heteroatoms. The summed E-state index contributed by atoms with van der Waals surface area (Å²) in [5.41, 5.74) is 2.04. The maximum absolute atomic E-state index is 11.5. The van der Waals surface area contributed by atoms with Gasteiger partial charge in [0.25, 0.3) is 0 Å². The summed E-state index contributed by atoms with van der Waals surface area (Å²) < 4.78 is 2.16. The van der Waals surface area contributed by atoms with Crippen LogP contribution in [0.15, 0.2) is 18.2 Å². The molecule has 0 amide bonds. The van der Waals surface area contributed by atoms with Crippen LogP contribution in [0, 0.1) is 6.92 Å². The second-order valence-electron chi connectivity index (χ2n) is 5.63. The Morgan fingerprint density at radius 2 is 1.95 bits per heavy atom. The quantitative estimate of drug-likeness (QED) is 0.873. The number of aromatic nitrogens is 1. The summed E-state index contributed by atoms with van der Waals surface area (Å²) in [6.45, 7) is 1.87. The molecule has 0 unspecified atom stereocenters. The summed E-state index contributed by atoms with van der Waals surface area (Å²) in [7, 11) is 0. The molecule has 2 aromatic rings. The molecule has 0 radical (unpaired) electrons. The highest BCUT2D eigenvalue weighted by atomic mass is 16.4. The zero-order valence-electron chi connectivity index (χ0n) is 11.6. The highest BCUT2D eigenvalue weighted by molar-refractivity contribution is 6.05. The first-order valence-corrected chi connectivity index (χ1v) is 7.16. The second kappa shape index (κ2) is 4.85. The van der Waals surface area contributed by atoms with Crippen LogP contribution >= 0.6 is 0 Å². The van der Waals surface area contributed by atoms with Gasteiger partial charge in [-0.25, -0.2) is 4.79 Å². The van der Waals surface area contributed by atoms with E-state index in [1.54, 1.807) is 12.1 Å². The maximum atomic E-state index is 11.5. The lowest BCUT2D eigenvalue weighted by Gasteiger charge is -2.25. The first-order chi connectivity index (χ1) is 9.59. The van der Waals surface area contributed by atoms with Gasteiger partial charge in [0, 0.05) is 22.6 Å². The number of hydrogen-bond donors (Lipinski definition) is 2. The highest BCUT2D eigenvalue weighted by Crippen LogP contribution is 2.36. The SMILES string of the molecule is Cc1c(C(=O)O)c2cc(O)ccc2n1C1CCCCC1. The fourth-order valence-electron chi connectivity index (χ4n) is 3.51. The molecule has 0 atom stereocenters. The predicted molar refractivity (Wildman–Crippen MR) is 77.4 cm³/mol. The van der Waals surface area contributed by atoms with Crippen LogP contribution in [0.2, 0.25) is 0 Å². The fraction of sp³-hybridized carbons (Fsp3) is 0.438. The number of aromatic carboxylic acids is 1. The van der Waals surface area contributed by atoms with E-state index in [1.165, 1.54) is 19.3 Å². The molecule has 1 aromatic heterocycles. The van der Waals surface area contributed by atoms with Gasteiger partial charge < -0.3 is 14.8 Å². The summed E-state index contributed by atoms with van der Waals surface area (Å²) in [6.07, 6.45) is 5.87. The monoisotopic (exact) mass is 273 g/mol. The van der Waals surface area contributed by atoms with Crippen molar-refractivity contribution >= 4 is 16.9 Å². The van der Waals surface area contributed by atoms with Crippen molar-refractivity contribution in [1.29, 1.82) is 0 Å². The molecular weight excluding hydrogens is 254 g/mol. The van der Waals surface area contributed by atoms with E-state index in [0.717, 1.165) is 24.1 Å². The summed E-state index contributed by atoms with van der Waals surface area (Å²) in [4.78, 5) is 11.5. The third-order valence-electron chi connectivity index (χ3n) is 4.39. The van der Waals surface area contributed by atoms with Crippen LogP contribution in [0.4, 0.5) is 0 Å². The van der Waals surface area contributed by atoms with Crippen molar-refractivity contribution < 1.29 is 15.0 Å². The number of fused-ring (bicyclic) bond motifs is 1. The van der Waals surface area contributed by atoms with E-state index in [-0.39, 0.29) is 5.75 Å².